The van der Waals surface area contributed by atoms with Gasteiger partial charge in [0.1, 0.15) is 5.82 Å². The van der Waals surface area contributed by atoms with Gasteiger partial charge in [-0.15, -0.1) is 0 Å². The molecule has 4 aromatic rings. The average molecular weight is 355 g/mol. The topological polar surface area (TPSA) is 29.1 Å². The highest BCUT2D eigenvalue weighted by molar-refractivity contribution is 6.14. The molecule has 0 aliphatic carbocycles. The van der Waals surface area contributed by atoms with Gasteiger partial charge in [0.25, 0.3) is 0 Å². The van der Waals surface area contributed by atoms with Gasteiger partial charge in [0.15, 0.2) is 0 Å². The highest BCUT2D eigenvalue weighted by atomic mass is 19.1. The zero-order valence-corrected chi connectivity index (χ0v) is 14.9. The monoisotopic (exact) mass is 355 g/mol. The Morgan fingerprint density at radius 2 is 1.56 bits per heavy atom. The van der Waals surface area contributed by atoms with Crippen molar-refractivity contribution in [2.45, 2.75) is 0 Å². The molecule has 0 saturated carbocycles. The first-order chi connectivity index (χ1) is 13.2. The summed E-state index contributed by atoms with van der Waals surface area (Å²) in [5.41, 5.74) is 2.26. The number of hydrogen-bond acceptors (Lipinski definition) is 1. The maximum atomic E-state index is 13.9. The second kappa shape index (κ2) is 7.04. The molecule has 132 valence electrons. The number of rotatable bonds is 3. The molecule has 0 radical (unpaired) electrons. The number of carbonyl (C=O) groups is 1. The molecule has 0 spiro atoms. The highest BCUT2D eigenvalue weighted by Crippen LogP contribution is 2.35. The van der Waals surface area contributed by atoms with Crippen LogP contribution in [0.2, 0.25) is 0 Å². The molecule has 0 atom stereocenters. The SMILES string of the molecule is CNC(=O)/C=C(\c1cccc(F)c1)c1cc2ccccc2c2ccccc12. The van der Waals surface area contributed by atoms with Crippen LogP contribution in [0.25, 0.3) is 27.1 Å². The van der Waals surface area contributed by atoms with Crippen molar-refractivity contribution in [3.05, 3.63) is 102 Å². The maximum Gasteiger partial charge on any atom is 0.244 e. The van der Waals surface area contributed by atoms with Gasteiger partial charge in [0.05, 0.1) is 0 Å². The van der Waals surface area contributed by atoms with Crippen molar-refractivity contribution in [1.82, 2.24) is 5.32 Å². The number of amides is 1. The smallest absolute Gasteiger partial charge is 0.244 e. The lowest BCUT2D eigenvalue weighted by atomic mass is 9.89. The first kappa shape index (κ1) is 17.0. The van der Waals surface area contributed by atoms with E-state index in [0.29, 0.717) is 11.1 Å². The van der Waals surface area contributed by atoms with Gasteiger partial charge in [-0.1, -0.05) is 60.7 Å². The van der Waals surface area contributed by atoms with Gasteiger partial charge in [0.2, 0.25) is 5.91 Å². The van der Waals surface area contributed by atoms with Crippen molar-refractivity contribution in [3.8, 4) is 0 Å². The van der Waals surface area contributed by atoms with Crippen molar-refractivity contribution < 1.29 is 9.18 Å². The van der Waals surface area contributed by atoms with E-state index in [-0.39, 0.29) is 11.7 Å². The van der Waals surface area contributed by atoms with E-state index in [4.69, 9.17) is 0 Å². The van der Waals surface area contributed by atoms with E-state index in [0.717, 1.165) is 27.1 Å². The number of nitrogens with one attached hydrogen (secondary N) is 1. The molecular formula is C24H18FNO. The third-order valence-corrected chi connectivity index (χ3v) is 4.72. The van der Waals surface area contributed by atoms with Crippen LogP contribution < -0.4 is 5.32 Å². The predicted molar refractivity (Wildman–Crippen MR) is 109 cm³/mol. The highest BCUT2D eigenvalue weighted by Gasteiger charge is 2.14. The summed E-state index contributed by atoms with van der Waals surface area (Å²) in [4.78, 5) is 12.2. The van der Waals surface area contributed by atoms with E-state index < -0.39 is 0 Å². The third kappa shape index (κ3) is 3.20. The van der Waals surface area contributed by atoms with Crippen LogP contribution in [0, 0.1) is 5.82 Å². The Kier molecular flexibility index (Phi) is 4.43. The minimum absolute atomic E-state index is 0.230. The summed E-state index contributed by atoms with van der Waals surface area (Å²) in [7, 11) is 1.58. The van der Waals surface area contributed by atoms with E-state index in [9.17, 15) is 9.18 Å². The molecule has 0 heterocycles. The lowest BCUT2D eigenvalue weighted by Gasteiger charge is -2.14. The molecule has 4 aromatic carbocycles. The van der Waals surface area contributed by atoms with Gasteiger partial charge in [-0.25, -0.2) is 4.39 Å². The van der Waals surface area contributed by atoms with E-state index >= 15 is 0 Å². The number of hydrogen-bond donors (Lipinski definition) is 1. The van der Waals surface area contributed by atoms with Gasteiger partial charge in [-0.2, -0.15) is 0 Å². The largest absolute Gasteiger partial charge is 0.356 e. The fraction of sp³-hybridized carbons (Fsp3) is 0.0417. The Bertz CT molecular complexity index is 1190. The molecule has 1 amide bonds. The minimum Gasteiger partial charge on any atom is -0.356 e. The molecule has 0 aliphatic heterocycles. The molecule has 27 heavy (non-hydrogen) atoms. The van der Waals surface area contributed by atoms with Gasteiger partial charge in [-0.3, -0.25) is 4.79 Å². The molecular weight excluding hydrogens is 337 g/mol. The zero-order valence-electron chi connectivity index (χ0n) is 14.9. The summed E-state index contributed by atoms with van der Waals surface area (Å²) >= 11 is 0. The Morgan fingerprint density at radius 3 is 2.30 bits per heavy atom. The van der Waals surface area contributed by atoms with Crippen LogP contribution in [-0.4, -0.2) is 13.0 Å². The number of fused-ring (bicyclic) bond motifs is 3. The van der Waals surface area contributed by atoms with Gasteiger partial charge < -0.3 is 5.32 Å². The number of halogens is 1. The molecule has 2 nitrogen and oxygen atoms in total. The lowest BCUT2D eigenvalue weighted by molar-refractivity contribution is -0.116. The van der Waals surface area contributed by atoms with Crippen molar-refractivity contribution in [1.29, 1.82) is 0 Å². The van der Waals surface area contributed by atoms with Gasteiger partial charge >= 0.3 is 0 Å². The van der Waals surface area contributed by atoms with Crippen molar-refractivity contribution in [3.63, 3.8) is 0 Å². The van der Waals surface area contributed by atoms with Crippen molar-refractivity contribution >= 4 is 33.0 Å². The first-order valence-corrected chi connectivity index (χ1v) is 8.77. The molecule has 1 N–H and O–H groups in total. The first-order valence-electron chi connectivity index (χ1n) is 8.77. The van der Waals surface area contributed by atoms with Crippen LogP contribution in [0.1, 0.15) is 11.1 Å². The fourth-order valence-electron chi connectivity index (χ4n) is 3.45. The second-order valence-corrected chi connectivity index (χ2v) is 6.37. The van der Waals surface area contributed by atoms with Crippen LogP contribution in [0.3, 0.4) is 0 Å². The van der Waals surface area contributed by atoms with Crippen LogP contribution in [0.5, 0.6) is 0 Å². The zero-order chi connectivity index (χ0) is 18.8. The molecule has 0 fully saturated rings. The predicted octanol–water partition coefficient (Wildman–Crippen LogP) is 5.31. The number of likely N-dealkylation sites (N-methyl/N-ethyl adjacent to an activating group) is 1. The summed E-state index contributed by atoms with van der Waals surface area (Å²) in [5.74, 6) is -0.563. The number of benzene rings is 4. The molecule has 3 heteroatoms. The van der Waals surface area contributed by atoms with E-state index in [1.165, 1.54) is 18.2 Å². The molecule has 0 unspecified atom stereocenters. The average Bonchev–Trinajstić information content (AvgIpc) is 2.71. The summed E-state index contributed by atoms with van der Waals surface area (Å²) in [6.07, 6.45) is 1.53. The summed E-state index contributed by atoms with van der Waals surface area (Å²) in [6, 6.07) is 24.6. The maximum absolute atomic E-state index is 13.9. The summed E-state index contributed by atoms with van der Waals surface area (Å²) in [5, 5.41) is 6.97. The molecule has 0 saturated heterocycles. The fourth-order valence-corrected chi connectivity index (χ4v) is 3.45. The minimum atomic E-state index is -0.333. The second-order valence-electron chi connectivity index (χ2n) is 6.37. The molecule has 0 aliphatic rings. The Labute approximate surface area is 156 Å². The molecule has 0 bridgehead atoms. The lowest BCUT2D eigenvalue weighted by Crippen LogP contribution is -2.15. The Morgan fingerprint density at radius 1 is 0.852 bits per heavy atom. The third-order valence-electron chi connectivity index (χ3n) is 4.72. The normalized spacial score (nSPS) is 11.7. The van der Waals surface area contributed by atoms with Gasteiger partial charge in [0, 0.05) is 13.1 Å². The Hall–Kier alpha value is -3.46. The Balaban J connectivity index is 2.09. The summed E-state index contributed by atoms with van der Waals surface area (Å²) < 4.78 is 13.9. The van der Waals surface area contributed by atoms with Crippen LogP contribution in [0.4, 0.5) is 4.39 Å². The van der Waals surface area contributed by atoms with Crippen LogP contribution in [0.15, 0.2) is 84.9 Å². The van der Waals surface area contributed by atoms with Crippen molar-refractivity contribution in [2.24, 2.45) is 0 Å². The molecule has 4 rings (SSSR count). The summed E-state index contributed by atoms with van der Waals surface area (Å²) in [6.45, 7) is 0. The standard InChI is InChI=1S/C24H18FNO/c1-26-24(27)15-22(16-8-6-9-18(25)13-16)23-14-17-7-2-3-10-19(17)20-11-4-5-12-21(20)23/h2-15H,1H3,(H,26,27)/b22-15+. The van der Waals surface area contributed by atoms with E-state index in [1.54, 1.807) is 13.1 Å². The van der Waals surface area contributed by atoms with Crippen LogP contribution in [-0.2, 0) is 4.79 Å². The number of carbonyl (C=O) groups excluding carboxylic acids is 1. The van der Waals surface area contributed by atoms with Crippen LogP contribution >= 0.6 is 0 Å². The van der Waals surface area contributed by atoms with E-state index in [1.807, 2.05) is 42.5 Å². The molecule has 0 aromatic heterocycles. The van der Waals surface area contributed by atoms with E-state index in [2.05, 4.69) is 23.5 Å². The van der Waals surface area contributed by atoms with Crippen molar-refractivity contribution in [2.75, 3.05) is 7.05 Å². The quantitative estimate of drug-likeness (QED) is 0.392. The van der Waals surface area contributed by atoms with Gasteiger partial charge in [-0.05, 0) is 56.4 Å².